The van der Waals surface area contributed by atoms with Crippen LogP contribution in [0.25, 0.3) is 11.3 Å². The van der Waals surface area contributed by atoms with Crippen LogP contribution >= 0.6 is 0 Å². The van der Waals surface area contributed by atoms with Gasteiger partial charge in [-0.25, -0.2) is 4.68 Å². The van der Waals surface area contributed by atoms with Crippen molar-refractivity contribution in [1.29, 1.82) is 0 Å². The summed E-state index contributed by atoms with van der Waals surface area (Å²) in [7, 11) is 3.17. The molecular weight excluding hydrogens is 384 g/mol. The summed E-state index contributed by atoms with van der Waals surface area (Å²) in [5.41, 5.74) is 2.96. The van der Waals surface area contributed by atoms with Crippen LogP contribution in [0.3, 0.4) is 0 Å². The van der Waals surface area contributed by atoms with Gasteiger partial charge in [0.25, 0.3) is 0 Å². The second kappa shape index (κ2) is 7.90. The lowest BCUT2D eigenvalue weighted by molar-refractivity contribution is -0.125. The Bertz CT molecular complexity index is 1100. The third kappa shape index (κ3) is 3.59. The smallest absolute Gasteiger partial charge is 0.249 e. The van der Waals surface area contributed by atoms with Crippen LogP contribution in [-0.4, -0.2) is 35.8 Å². The Morgan fingerprint density at radius 2 is 1.87 bits per heavy atom. The molecule has 1 aliphatic rings. The van der Waals surface area contributed by atoms with Crippen LogP contribution in [-0.2, 0) is 9.59 Å². The number of benzene rings is 2. The third-order valence-corrected chi connectivity index (χ3v) is 5.08. The second-order valence-corrected chi connectivity index (χ2v) is 6.98. The molecule has 2 N–H and O–H groups in total. The number of methoxy groups -OCH3 is 2. The number of hydrogen-bond donors (Lipinski definition) is 2. The molecule has 0 saturated carbocycles. The summed E-state index contributed by atoms with van der Waals surface area (Å²) < 4.78 is 12.0. The molecule has 2 heterocycles. The maximum Gasteiger partial charge on any atom is 0.249 e. The maximum atomic E-state index is 13.0. The first-order chi connectivity index (χ1) is 14.5. The summed E-state index contributed by atoms with van der Waals surface area (Å²) >= 11 is 0. The van der Waals surface area contributed by atoms with Crippen LogP contribution in [0.5, 0.6) is 11.5 Å². The lowest BCUT2D eigenvalue weighted by Crippen LogP contribution is -2.35. The van der Waals surface area contributed by atoms with Crippen molar-refractivity contribution in [1.82, 2.24) is 9.78 Å². The lowest BCUT2D eigenvalue weighted by atomic mass is 10.1. The molecule has 30 heavy (non-hydrogen) atoms. The van der Waals surface area contributed by atoms with Crippen molar-refractivity contribution >= 4 is 23.3 Å². The largest absolute Gasteiger partial charge is 0.497 e. The molecule has 0 aliphatic carbocycles. The Hall–Kier alpha value is -3.81. The first kappa shape index (κ1) is 19.5. The summed E-state index contributed by atoms with van der Waals surface area (Å²) in [5, 5.41) is 10.4. The Balaban J connectivity index is 1.67. The summed E-state index contributed by atoms with van der Waals surface area (Å²) in [5.74, 6) is 1.36. The molecule has 1 aromatic heterocycles. The van der Waals surface area contributed by atoms with E-state index in [1.807, 2.05) is 31.2 Å². The summed E-state index contributed by atoms with van der Waals surface area (Å²) in [6.45, 7) is 1.88. The number of ether oxygens (including phenoxy) is 2. The van der Waals surface area contributed by atoms with E-state index in [2.05, 4.69) is 15.7 Å². The molecule has 0 saturated heterocycles. The average molecular weight is 406 g/mol. The minimum Gasteiger partial charge on any atom is -0.497 e. The quantitative estimate of drug-likeness (QED) is 0.677. The van der Waals surface area contributed by atoms with E-state index in [9.17, 15) is 9.59 Å². The minimum atomic E-state index is -0.759. The van der Waals surface area contributed by atoms with Gasteiger partial charge >= 0.3 is 0 Å². The van der Waals surface area contributed by atoms with Crippen molar-refractivity contribution in [3.63, 3.8) is 0 Å². The van der Waals surface area contributed by atoms with Gasteiger partial charge in [-0.05, 0) is 43.3 Å². The fourth-order valence-corrected chi connectivity index (χ4v) is 3.49. The normalized spacial score (nSPS) is 15.2. The average Bonchev–Trinajstić information content (AvgIpc) is 3.09. The van der Waals surface area contributed by atoms with E-state index in [1.54, 1.807) is 43.2 Å². The van der Waals surface area contributed by atoms with Crippen molar-refractivity contribution in [2.75, 3.05) is 24.9 Å². The molecule has 8 nitrogen and oxygen atoms in total. The first-order valence-corrected chi connectivity index (χ1v) is 9.48. The molecular formula is C22H22N4O4. The maximum absolute atomic E-state index is 13.0. The zero-order chi connectivity index (χ0) is 21.3. The number of aromatic nitrogens is 2. The van der Waals surface area contributed by atoms with Crippen molar-refractivity contribution in [2.24, 2.45) is 0 Å². The number of hydrogen-bond acceptors (Lipinski definition) is 5. The van der Waals surface area contributed by atoms with E-state index < -0.39 is 6.04 Å². The zero-order valence-electron chi connectivity index (χ0n) is 16.9. The van der Waals surface area contributed by atoms with Crippen molar-refractivity contribution in [2.45, 2.75) is 19.4 Å². The Morgan fingerprint density at radius 1 is 1.13 bits per heavy atom. The minimum absolute atomic E-state index is 0.00593. The van der Waals surface area contributed by atoms with Crippen LogP contribution in [0.2, 0.25) is 0 Å². The number of fused-ring (bicyclic) bond motifs is 1. The highest BCUT2D eigenvalue weighted by Gasteiger charge is 2.34. The summed E-state index contributed by atoms with van der Waals surface area (Å²) in [6.07, 6.45) is 0.00593. The molecule has 0 bridgehead atoms. The van der Waals surface area contributed by atoms with Crippen molar-refractivity contribution < 1.29 is 19.1 Å². The van der Waals surface area contributed by atoms with E-state index >= 15 is 0 Å². The molecule has 0 unspecified atom stereocenters. The highest BCUT2D eigenvalue weighted by atomic mass is 16.5. The Morgan fingerprint density at radius 3 is 2.57 bits per heavy atom. The number of rotatable bonds is 5. The van der Waals surface area contributed by atoms with Gasteiger partial charge < -0.3 is 20.1 Å². The molecule has 4 rings (SSSR count). The summed E-state index contributed by atoms with van der Waals surface area (Å²) in [4.78, 5) is 25.3. The monoisotopic (exact) mass is 406 g/mol. The molecule has 0 radical (unpaired) electrons. The van der Waals surface area contributed by atoms with E-state index in [0.717, 1.165) is 16.9 Å². The van der Waals surface area contributed by atoms with Gasteiger partial charge in [0, 0.05) is 22.9 Å². The molecule has 0 fully saturated rings. The fourth-order valence-electron chi connectivity index (χ4n) is 3.49. The Kier molecular flexibility index (Phi) is 5.14. The molecule has 1 aliphatic heterocycles. The van der Waals surface area contributed by atoms with E-state index in [1.165, 1.54) is 0 Å². The topological polar surface area (TPSA) is 94.5 Å². The van der Waals surface area contributed by atoms with Crippen LogP contribution in [0.15, 0.2) is 48.5 Å². The number of nitrogens with one attached hydrogen (secondary N) is 2. The Labute approximate surface area is 173 Å². The summed E-state index contributed by atoms with van der Waals surface area (Å²) in [6, 6.07) is 13.8. The lowest BCUT2D eigenvalue weighted by Gasteiger charge is -2.24. The fraction of sp³-hybridized carbons (Fsp3) is 0.227. The van der Waals surface area contributed by atoms with Crippen LogP contribution < -0.4 is 20.1 Å². The van der Waals surface area contributed by atoms with Gasteiger partial charge in [-0.15, -0.1) is 0 Å². The van der Waals surface area contributed by atoms with Gasteiger partial charge in [0.1, 0.15) is 23.4 Å². The first-order valence-electron chi connectivity index (χ1n) is 9.48. The highest BCUT2D eigenvalue weighted by molar-refractivity contribution is 6.02. The number of carbonyl (C=O) groups excluding carboxylic acids is 2. The molecule has 3 aromatic rings. The second-order valence-electron chi connectivity index (χ2n) is 6.98. The number of carbonyl (C=O) groups is 2. The van der Waals surface area contributed by atoms with Gasteiger partial charge in [0.15, 0.2) is 0 Å². The van der Waals surface area contributed by atoms with E-state index in [4.69, 9.17) is 9.47 Å². The van der Waals surface area contributed by atoms with Crippen molar-refractivity contribution in [3.05, 3.63) is 54.1 Å². The molecule has 0 spiro atoms. The SMILES string of the molecule is COc1ccc(-c2nn3c(c2C)NC(=O)C[C@@H]3C(=O)Nc2cccc(OC)c2)cc1. The van der Waals surface area contributed by atoms with Gasteiger partial charge in [-0.1, -0.05) is 6.07 Å². The molecule has 2 amide bonds. The number of nitrogens with zero attached hydrogens (tertiary/aromatic N) is 2. The predicted molar refractivity (Wildman–Crippen MR) is 113 cm³/mol. The van der Waals surface area contributed by atoms with Gasteiger partial charge in [-0.2, -0.15) is 5.10 Å². The van der Waals surface area contributed by atoms with Crippen LogP contribution in [0, 0.1) is 6.92 Å². The van der Waals surface area contributed by atoms with Gasteiger partial charge in [-0.3, -0.25) is 9.59 Å². The standard InChI is InChI=1S/C22H22N4O4/c1-13-20(14-7-9-16(29-2)10-8-14)25-26-18(12-19(27)24-21(13)26)22(28)23-15-5-4-6-17(11-15)30-3/h4-11,18H,12H2,1-3H3,(H,23,28)(H,24,27)/t18-/m1/s1. The molecule has 8 heteroatoms. The van der Waals surface area contributed by atoms with Gasteiger partial charge in [0.05, 0.1) is 26.3 Å². The van der Waals surface area contributed by atoms with E-state index in [0.29, 0.717) is 22.9 Å². The van der Waals surface area contributed by atoms with Crippen LogP contribution in [0.1, 0.15) is 18.0 Å². The predicted octanol–water partition coefficient (Wildman–Crippen LogP) is 3.40. The highest BCUT2D eigenvalue weighted by Crippen LogP contribution is 2.35. The van der Waals surface area contributed by atoms with Gasteiger partial charge in [0.2, 0.25) is 11.8 Å². The molecule has 154 valence electrons. The van der Waals surface area contributed by atoms with E-state index in [-0.39, 0.29) is 18.2 Å². The molecule has 2 aromatic carbocycles. The molecule has 1 atom stereocenters. The number of anilines is 2. The third-order valence-electron chi connectivity index (χ3n) is 5.08. The van der Waals surface area contributed by atoms with Crippen molar-refractivity contribution in [3.8, 4) is 22.8 Å². The van der Waals surface area contributed by atoms with Crippen LogP contribution in [0.4, 0.5) is 11.5 Å². The zero-order valence-corrected chi connectivity index (χ0v) is 16.9. The number of amides is 2.